The summed E-state index contributed by atoms with van der Waals surface area (Å²) in [6.07, 6.45) is 0.811. The summed E-state index contributed by atoms with van der Waals surface area (Å²) in [7, 11) is 0. The van der Waals surface area contributed by atoms with Gasteiger partial charge in [-0.15, -0.1) is 0 Å². The van der Waals surface area contributed by atoms with Gasteiger partial charge in [0, 0.05) is 11.3 Å². The van der Waals surface area contributed by atoms with Gasteiger partial charge >= 0.3 is 0 Å². The molecule has 0 spiro atoms. The molecule has 0 unspecified atom stereocenters. The van der Waals surface area contributed by atoms with E-state index in [0.29, 0.717) is 11.3 Å². The smallest absolute Gasteiger partial charge is 0.296 e. The molecule has 96 valence electrons. The van der Waals surface area contributed by atoms with Crippen molar-refractivity contribution in [2.75, 3.05) is 5.32 Å². The van der Waals surface area contributed by atoms with Crippen LogP contribution in [0.1, 0.15) is 23.1 Å². The van der Waals surface area contributed by atoms with Crippen molar-refractivity contribution >= 4 is 40.7 Å². The van der Waals surface area contributed by atoms with E-state index in [-0.39, 0.29) is 0 Å². The molecule has 0 saturated carbocycles. The highest BCUT2D eigenvalue weighted by atomic mass is 32.2. The zero-order chi connectivity index (χ0) is 13.4. The molecule has 1 aromatic heterocycles. The number of hydrogen-bond acceptors (Lipinski definition) is 6. The number of hydrogen-bond donors (Lipinski definition) is 1. The number of amides is 1. The third kappa shape index (κ3) is 2.26. The number of anilines is 1. The molecule has 0 bridgehead atoms. The maximum absolute atomic E-state index is 11.5. The molecule has 2 aromatic rings. The predicted molar refractivity (Wildman–Crippen MR) is 72.8 cm³/mol. The Morgan fingerprint density at radius 1 is 1.37 bits per heavy atom. The molecule has 3 rings (SSSR count). The Morgan fingerprint density at radius 3 is 2.95 bits per heavy atom. The number of Topliss-reactive ketones (excluding diaryl/α,β-unsaturated/α-hetero) is 1. The van der Waals surface area contributed by atoms with Crippen LogP contribution in [0.5, 0.6) is 0 Å². The Kier molecular flexibility index (Phi) is 3.08. The van der Waals surface area contributed by atoms with Gasteiger partial charge in [0.1, 0.15) is 5.82 Å². The molecule has 19 heavy (non-hydrogen) atoms. The molecule has 1 amide bonds. The van der Waals surface area contributed by atoms with Gasteiger partial charge in [0.05, 0.1) is 11.3 Å². The Labute approximate surface area is 117 Å². The van der Waals surface area contributed by atoms with E-state index in [9.17, 15) is 9.59 Å². The van der Waals surface area contributed by atoms with E-state index < -0.39 is 11.7 Å². The van der Waals surface area contributed by atoms with Crippen molar-refractivity contribution in [2.24, 2.45) is 0 Å². The molecule has 0 radical (unpaired) electrons. The van der Waals surface area contributed by atoms with Crippen LogP contribution in [-0.4, -0.2) is 21.0 Å². The summed E-state index contributed by atoms with van der Waals surface area (Å²) in [6, 6.07) is 5.27. The lowest BCUT2D eigenvalue weighted by Gasteiger charge is -2.00. The number of fused-ring (bicyclic) bond motifs is 1. The van der Waals surface area contributed by atoms with Crippen LogP contribution >= 0.6 is 23.3 Å². The van der Waals surface area contributed by atoms with E-state index in [1.165, 1.54) is 23.3 Å². The van der Waals surface area contributed by atoms with Gasteiger partial charge < -0.3 is 5.32 Å². The lowest BCUT2D eigenvalue weighted by Crippen LogP contribution is -2.12. The fourth-order valence-corrected chi connectivity index (χ4v) is 3.43. The van der Waals surface area contributed by atoms with Crippen LogP contribution < -0.4 is 5.32 Å². The number of carbonyl (C=O) groups excluding carboxylic acids is 2. The summed E-state index contributed by atoms with van der Waals surface area (Å²) >= 11 is 2.83. The van der Waals surface area contributed by atoms with Gasteiger partial charge in [0.25, 0.3) is 11.7 Å². The minimum Gasteiger partial charge on any atom is -0.318 e. The number of carbonyl (C=O) groups is 2. The summed E-state index contributed by atoms with van der Waals surface area (Å²) in [6.45, 7) is 2.01. The largest absolute Gasteiger partial charge is 0.318 e. The molecule has 1 N–H and O–H groups in total. The Morgan fingerprint density at radius 2 is 2.21 bits per heavy atom. The second kappa shape index (κ2) is 4.75. The molecular weight excluding hydrogens is 282 g/mol. The number of nitrogens with zero attached hydrogens (tertiary/aromatic N) is 2. The van der Waals surface area contributed by atoms with E-state index in [4.69, 9.17) is 0 Å². The lowest BCUT2D eigenvalue weighted by atomic mass is 10.1. The van der Waals surface area contributed by atoms with Crippen LogP contribution in [0.2, 0.25) is 0 Å². The van der Waals surface area contributed by atoms with Crippen LogP contribution in [-0.2, 0) is 11.2 Å². The molecule has 0 aliphatic carbocycles. The van der Waals surface area contributed by atoms with Crippen molar-refractivity contribution < 1.29 is 9.59 Å². The zero-order valence-electron chi connectivity index (χ0n) is 9.97. The van der Waals surface area contributed by atoms with E-state index in [1.54, 1.807) is 12.1 Å². The first kappa shape index (κ1) is 12.3. The molecule has 0 saturated heterocycles. The van der Waals surface area contributed by atoms with Crippen molar-refractivity contribution in [3.8, 4) is 0 Å². The minimum atomic E-state index is -0.568. The van der Waals surface area contributed by atoms with Gasteiger partial charge in [-0.3, -0.25) is 9.59 Å². The average Bonchev–Trinajstić information content (AvgIpc) is 2.96. The van der Waals surface area contributed by atoms with Gasteiger partial charge in [-0.2, -0.15) is 4.37 Å². The van der Waals surface area contributed by atoms with Crippen LogP contribution in [0.4, 0.5) is 5.69 Å². The normalized spacial score (nSPS) is 13.5. The molecule has 2 heterocycles. The first-order valence-corrected chi connectivity index (χ1v) is 7.26. The maximum atomic E-state index is 11.5. The summed E-state index contributed by atoms with van der Waals surface area (Å²) in [5, 5.41) is 2.56. The summed E-state index contributed by atoms with van der Waals surface area (Å²) in [5.41, 5.74) is 1.00. The van der Waals surface area contributed by atoms with E-state index in [1.807, 2.05) is 13.0 Å². The van der Waals surface area contributed by atoms with Crippen LogP contribution in [0.25, 0.3) is 0 Å². The summed E-state index contributed by atoms with van der Waals surface area (Å²) in [5.74, 6) is -0.214. The van der Waals surface area contributed by atoms with Crippen molar-refractivity contribution in [2.45, 2.75) is 22.6 Å². The van der Waals surface area contributed by atoms with Crippen LogP contribution in [0, 0.1) is 0 Å². The Bertz CT molecular complexity index is 681. The number of benzene rings is 1. The fraction of sp³-hybridized carbons (Fsp3) is 0.167. The average molecular weight is 291 g/mol. The van der Waals surface area contributed by atoms with Gasteiger partial charge in [0.15, 0.2) is 4.34 Å². The van der Waals surface area contributed by atoms with E-state index in [2.05, 4.69) is 14.7 Å². The van der Waals surface area contributed by atoms with Gasteiger partial charge in [-0.25, -0.2) is 4.98 Å². The number of nitrogens with one attached hydrogen (secondary N) is 1. The van der Waals surface area contributed by atoms with Crippen molar-refractivity contribution in [1.82, 2.24) is 9.36 Å². The van der Waals surface area contributed by atoms with Crippen molar-refractivity contribution in [3.05, 3.63) is 29.6 Å². The molecule has 1 aromatic carbocycles. The number of ketones is 1. The second-order valence-electron chi connectivity index (χ2n) is 3.92. The van der Waals surface area contributed by atoms with E-state index >= 15 is 0 Å². The minimum absolute atomic E-state index is 0.431. The van der Waals surface area contributed by atoms with Crippen LogP contribution in [0.15, 0.2) is 27.4 Å². The second-order valence-corrected chi connectivity index (χ2v) is 6.00. The number of aryl methyl sites for hydroxylation is 1. The number of aromatic nitrogens is 2. The SMILES string of the molecule is CCc1nsc(Sc2ccc3c(c2)NC(=O)C3=O)n1. The van der Waals surface area contributed by atoms with Gasteiger partial charge in [0.2, 0.25) is 0 Å². The highest BCUT2D eigenvalue weighted by Crippen LogP contribution is 2.33. The van der Waals surface area contributed by atoms with E-state index in [0.717, 1.165) is 21.5 Å². The predicted octanol–water partition coefficient (Wildman–Crippen LogP) is 2.39. The lowest BCUT2D eigenvalue weighted by molar-refractivity contribution is -0.112. The molecule has 1 aliphatic heterocycles. The quantitative estimate of drug-likeness (QED) is 0.879. The molecule has 1 aliphatic rings. The third-order valence-electron chi connectivity index (χ3n) is 2.66. The summed E-state index contributed by atoms with van der Waals surface area (Å²) < 4.78 is 5.07. The molecule has 0 fully saturated rings. The van der Waals surface area contributed by atoms with Crippen molar-refractivity contribution in [1.29, 1.82) is 0 Å². The monoisotopic (exact) mass is 291 g/mol. The highest BCUT2D eigenvalue weighted by Gasteiger charge is 2.27. The van der Waals surface area contributed by atoms with Gasteiger partial charge in [-0.05, 0) is 29.7 Å². The Balaban J connectivity index is 1.86. The standard InChI is InChI=1S/C12H9N3O2S2/c1-2-9-14-12(19-15-9)18-6-3-4-7-8(5-6)13-11(17)10(7)16/h3-5H,2H2,1H3,(H,13,16,17). The Hall–Kier alpha value is -1.73. The first-order chi connectivity index (χ1) is 9.17. The maximum Gasteiger partial charge on any atom is 0.296 e. The zero-order valence-corrected chi connectivity index (χ0v) is 11.6. The molecular formula is C12H9N3O2S2. The highest BCUT2D eigenvalue weighted by molar-refractivity contribution is 8.01. The van der Waals surface area contributed by atoms with Crippen LogP contribution in [0.3, 0.4) is 0 Å². The van der Waals surface area contributed by atoms with Crippen molar-refractivity contribution in [3.63, 3.8) is 0 Å². The first-order valence-electron chi connectivity index (χ1n) is 5.67. The topological polar surface area (TPSA) is 72.0 Å². The molecule has 7 heteroatoms. The third-order valence-corrected chi connectivity index (χ3v) is 4.44. The fourth-order valence-electron chi connectivity index (χ4n) is 1.71. The summed E-state index contributed by atoms with van der Waals surface area (Å²) in [4.78, 5) is 28.0. The molecule has 5 nitrogen and oxygen atoms in total. The number of rotatable bonds is 3. The molecule has 0 atom stereocenters. The van der Waals surface area contributed by atoms with Gasteiger partial charge in [-0.1, -0.05) is 18.7 Å².